The van der Waals surface area contributed by atoms with Gasteiger partial charge in [0.2, 0.25) is 5.95 Å². The lowest BCUT2D eigenvalue weighted by molar-refractivity contribution is 0.244. The maximum absolute atomic E-state index is 9.26. The highest BCUT2D eigenvalue weighted by Gasteiger charge is 2.26. The molecule has 2 atom stereocenters. The van der Waals surface area contributed by atoms with Gasteiger partial charge in [-0.3, -0.25) is 9.11 Å². The molecule has 2 aliphatic carbocycles. The van der Waals surface area contributed by atoms with Crippen molar-refractivity contribution in [3.63, 3.8) is 0 Å². The van der Waals surface area contributed by atoms with Crippen LogP contribution in [-0.4, -0.2) is 54.8 Å². The normalized spacial score (nSPS) is 22.3. The molecule has 142 valence electrons. The van der Waals surface area contributed by atoms with Gasteiger partial charge < -0.3 is 20.7 Å². The Morgan fingerprint density at radius 3 is 2.54 bits per heavy atom. The molecule has 1 saturated carbocycles. The fraction of sp³-hybridized carbons (Fsp3) is 0.500. The Bertz CT molecular complexity index is 915. The van der Waals surface area contributed by atoms with Gasteiger partial charge in [-0.15, -0.1) is 0 Å². The summed E-state index contributed by atoms with van der Waals surface area (Å²) in [5, 5.41) is 12.6. The van der Waals surface area contributed by atoms with E-state index < -0.39 is 10.4 Å². The number of hydrogen-bond donors (Lipinski definition) is 5. The predicted octanol–water partition coefficient (Wildman–Crippen LogP) is 0.440. The molecule has 1 fully saturated rings. The molecule has 6 N–H and O–H groups in total. The van der Waals surface area contributed by atoms with Gasteiger partial charge in [0.05, 0.1) is 12.4 Å². The summed E-state index contributed by atoms with van der Waals surface area (Å²) in [6.07, 6.45) is 9.10. The number of nitrogens with two attached hydrogens (primary N) is 1. The van der Waals surface area contributed by atoms with E-state index in [4.69, 9.17) is 23.3 Å². The van der Waals surface area contributed by atoms with E-state index >= 15 is 0 Å². The summed E-state index contributed by atoms with van der Waals surface area (Å²) < 4.78 is 33.6. The molecule has 2 heterocycles. The summed E-state index contributed by atoms with van der Waals surface area (Å²) in [6.45, 7) is 0.172. The number of rotatable bonds is 4. The number of nitrogen functional groups attached to an aromatic ring is 1. The number of anilines is 2. The van der Waals surface area contributed by atoms with Crippen LogP contribution in [-0.2, 0) is 10.4 Å². The van der Waals surface area contributed by atoms with E-state index in [1.165, 1.54) is 0 Å². The van der Waals surface area contributed by atoms with Gasteiger partial charge in [0.15, 0.2) is 17.0 Å². The molecule has 4 rings (SSSR count). The van der Waals surface area contributed by atoms with Crippen LogP contribution in [0.2, 0.25) is 0 Å². The average molecular weight is 384 g/mol. The molecular weight excluding hydrogens is 364 g/mol. The van der Waals surface area contributed by atoms with Crippen LogP contribution in [0.25, 0.3) is 11.2 Å². The number of allylic oxidation sites excluding steroid dienone is 1. The number of imidazole rings is 1. The fourth-order valence-corrected chi connectivity index (χ4v) is 2.79. The second-order valence-corrected chi connectivity index (χ2v) is 7.15. The lowest BCUT2D eigenvalue weighted by Gasteiger charge is -2.13. The van der Waals surface area contributed by atoms with Gasteiger partial charge in [-0.05, 0) is 19.3 Å². The molecule has 0 radical (unpaired) electrons. The van der Waals surface area contributed by atoms with Crippen LogP contribution in [0.3, 0.4) is 0 Å². The zero-order chi connectivity index (χ0) is 18.9. The zero-order valence-electron chi connectivity index (χ0n) is 13.7. The molecule has 0 amide bonds. The lowest BCUT2D eigenvalue weighted by Crippen LogP contribution is -2.10. The minimum Gasteiger partial charge on any atom is -0.396 e. The SMILES string of the molecule is Nc1nc(NC2CC2)c2ncn(C3C=CC(CO)C3)c2n1.O=S(=O)(O)O. The first-order valence-corrected chi connectivity index (χ1v) is 9.40. The first-order valence-electron chi connectivity index (χ1n) is 8.00. The third-order valence-electron chi connectivity index (χ3n) is 4.10. The predicted molar refractivity (Wildman–Crippen MR) is 93.9 cm³/mol. The Hall–Kier alpha value is -2.28. The molecule has 0 spiro atoms. The van der Waals surface area contributed by atoms with E-state index in [1.54, 1.807) is 6.33 Å². The van der Waals surface area contributed by atoms with Gasteiger partial charge in [0.1, 0.15) is 0 Å². The van der Waals surface area contributed by atoms with Crippen molar-refractivity contribution >= 4 is 33.3 Å². The van der Waals surface area contributed by atoms with E-state index in [2.05, 4.69) is 26.3 Å². The Labute approximate surface area is 149 Å². The number of aliphatic hydroxyl groups is 1. The molecule has 2 aliphatic rings. The molecule has 2 aromatic rings. The number of hydrogen-bond acceptors (Lipinski definition) is 8. The highest BCUT2D eigenvalue weighted by molar-refractivity contribution is 7.79. The van der Waals surface area contributed by atoms with Crippen molar-refractivity contribution in [2.24, 2.45) is 5.92 Å². The van der Waals surface area contributed by atoms with Gasteiger partial charge in [-0.1, -0.05) is 12.2 Å². The van der Waals surface area contributed by atoms with Crippen molar-refractivity contribution in [3.8, 4) is 0 Å². The van der Waals surface area contributed by atoms with E-state index in [9.17, 15) is 5.11 Å². The van der Waals surface area contributed by atoms with E-state index in [0.29, 0.717) is 6.04 Å². The molecule has 0 saturated heterocycles. The van der Waals surface area contributed by atoms with Gasteiger partial charge >= 0.3 is 10.4 Å². The molecule has 2 aromatic heterocycles. The number of aliphatic hydroxyl groups excluding tert-OH is 1. The van der Waals surface area contributed by atoms with Gasteiger partial charge in [0, 0.05) is 18.6 Å². The minimum atomic E-state index is -4.67. The fourth-order valence-electron chi connectivity index (χ4n) is 2.79. The molecular formula is C14H20N6O5S. The van der Waals surface area contributed by atoms with Crippen LogP contribution < -0.4 is 11.1 Å². The molecule has 0 aliphatic heterocycles. The average Bonchev–Trinajstić information content (AvgIpc) is 3.07. The van der Waals surface area contributed by atoms with Crippen molar-refractivity contribution in [1.82, 2.24) is 19.5 Å². The third-order valence-corrected chi connectivity index (χ3v) is 4.10. The van der Waals surface area contributed by atoms with Crippen LogP contribution >= 0.6 is 0 Å². The number of nitrogens with zero attached hydrogens (tertiary/aromatic N) is 4. The molecule has 11 nitrogen and oxygen atoms in total. The Morgan fingerprint density at radius 1 is 1.27 bits per heavy atom. The molecule has 2 unspecified atom stereocenters. The van der Waals surface area contributed by atoms with E-state index in [1.807, 2.05) is 10.6 Å². The standard InChI is InChI=1S/C14H18N6O.H2O4S/c15-14-18-12(17-9-2-3-9)11-13(19-14)20(7-16-11)10-4-1-8(5-10)6-21;1-5(2,3)4/h1,4,7-10,21H,2-3,5-6H2,(H3,15,17,18,19);(H2,1,2,3,4). The van der Waals surface area contributed by atoms with Crippen LogP contribution in [0.5, 0.6) is 0 Å². The quantitative estimate of drug-likeness (QED) is 0.367. The summed E-state index contributed by atoms with van der Waals surface area (Å²) in [5.41, 5.74) is 7.35. The highest BCUT2D eigenvalue weighted by Crippen LogP contribution is 2.32. The van der Waals surface area contributed by atoms with Gasteiger partial charge in [-0.2, -0.15) is 18.4 Å². The molecule has 26 heavy (non-hydrogen) atoms. The number of nitrogens with one attached hydrogen (secondary N) is 1. The van der Waals surface area contributed by atoms with Crippen molar-refractivity contribution in [2.45, 2.75) is 31.3 Å². The van der Waals surface area contributed by atoms with Crippen molar-refractivity contribution in [3.05, 3.63) is 18.5 Å². The molecule has 0 bridgehead atoms. The summed E-state index contributed by atoms with van der Waals surface area (Å²) in [4.78, 5) is 13.1. The van der Waals surface area contributed by atoms with Crippen LogP contribution in [0, 0.1) is 5.92 Å². The second-order valence-electron chi connectivity index (χ2n) is 6.25. The summed E-state index contributed by atoms with van der Waals surface area (Å²) in [7, 11) is -4.67. The zero-order valence-corrected chi connectivity index (χ0v) is 14.5. The summed E-state index contributed by atoms with van der Waals surface area (Å²) in [6, 6.07) is 0.646. The maximum Gasteiger partial charge on any atom is 0.394 e. The summed E-state index contributed by atoms with van der Waals surface area (Å²) >= 11 is 0. The Balaban J connectivity index is 0.000000349. The number of fused-ring (bicyclic) bond motifs is 1. The van der Waals surface area contributed by atoms with Gasteiger partial charge in [0.25, 0.3) is 0 Å². The van der Waals surface area contributed by atoms with Crippen molar-refractivity contribution in [1.29, 1.82) is 0 Å². The molecule has 0 aromatic carbocycles. The molecule has 12 heteroatoms. The Kier molecular flexibility index (Phi) is 5.09. The smallest absolute Gasteiger partial charge is 0.394 e. The topological polar surface area (TPSA) is 176 Å². The number of aromatic nitrogens is 4. The first-order chi connectivity index (χ1) is 12.2. The lowest BCUT2D eigenvalue weighted by atomic mass is 10.1. The van der Waals surface area contributed by atoms with Crippen LogP contribution in [0.1, 0.15) is 25.3 Å². The van der Waals surface area contributed by atoms with Gasteiger partial charge in [-0.25, -0.2) is 4.98 Å². The minimum absolute atomic E-state index is 0.162. The Morgan fingerprint density at radius 2 is 1.96 bits per heavy atom. The first kappa shape index (κ1) is 18.5. The van der Waals surface area contributed by atoms with Crippen molar-refractivity contribution < 1.29 is 22.6 Å². The maximum atomic E-state index is 9.26. The largest absolute Gasteiger partial charge is 0.396 e. The summed E-state index contributed by atoms with van der Waals surface area (Å²) in [5.74, 6) is 1.18. The van der Waals surface area contributed by atoms with E-state index in [0.717, 1.165) is 36.2 Å². The van der Waals surface area contributed by atoms with E-state index in [-0.39, 0.29) is 24.5 Å². The van der Waals surface area contributed by atoms with Crippen LogP contribution in [0.4, 0.5) is 11.8 Å². The second kappa shape index (κ2) is 7.15. The van der Waals surface area contributed by atoms with Crippen LogP contribution in [0.15, 0.2) is 18.5 Å². The monoisotopic (exact) mass is 384 g/mol. The highest BCUT2D eigenvalue weighted by atomic mass is 32.3. The third kappa shape index (κ3) is 4.66. The van der Waals surface area contributed by atoms with Crippen molar-refractivity contribution in [2.75, 3.05) is 17.7 Å².